The molecular weight excluding hydrogens is 298 g/mol. The molecule has 0 aliphatic heterocycles. The van der Waals surface area contributed by atoms with Gasteiger partial charge in [-0.05, 0) is 68.6 Å². The normalized spacial score (nSPS) is 22.8. The smallest absolute Gasteiger partial charge is 0.0383 e. The lowest BCUT2D eigenvalue weighted by molar-refractivity contribution is 0.188. The molecule has 19 heavy (non-hydrogen) atoms. The summed E-state index contributed by atoms with van der Waals surface area (Å²) >= 11 is 3.62. The number of benzene rings is 1. The third-order valence-corrected chi connectivity index (χ3v) is 6.20. The van der Waals surface area contributed by atoms with Crippen LogP contribution in [0.25, 0.3) is 0 Å². The molecule has 0 saturated heterocycles. The van der Waals surface area contributed by atoms with Crippen LogP contribution in [0, 0.1) is 12.3 Å². The summed E-state index contributed by atoms with van der Waals surface area (Å²) in [4.78, 5) is 0. The third kappa shape index (κ3) is 2.84. The van der Waals surface area contributed by atoms with Gasteiger partial charge in [-0.3, -0.25) is 0 Å². The van der Waals surface area contributed by atoms with Gasteiger partial charge in [-0.15, -0.1) is 0 Å². The first-order chi connectivity index (χ1) is 9.19. The van der Waals surface area contributed by atoms with Crippen LogP contribution in [0.5, 0.6) is 0 Å². The van der Waals surface area contributed by atoms with Gasteiger partial charge in [0, 0.05) is 16.2 Å². The molecule has 2 aliphatic carbocycles. The predicted molar refractivity (Wildman–Crippen MR) is 85.7 cm³/mol. The van der Waals surface area contributed by atoms with Crippen LogP contribution >= 0.6 is 15.9 Å². The molecule has 2 fully saturated rings. The summed E-state index contributed by atoms with van der Waals surface area (Å²) in [7, 11) is 0. The molecule has 104 valence electrons. The van der Waals surface area contributed by atoms with Gasteiger partial charge in [0.05, 0.1) is 0 Å². The molecular formula is C17H24BrN. The second kappa shape index (κ2) is 5.47. The zero-order chi connectivity index (χ0) is 13.3. The van der Waals surface area contributed by atoms with Crippen molar-refractivity contribution < 1.29 is 0 Å². The van der Waals surface area contributed by atoms with Crippen molar-refractivity contribution in [1.29, 1.82) is 0 Å². The van der Waals surface area contributed by atoms with Crippen molar-refractivity contribution in [2.45, 2.75) is 64.3 Å². The van der Waals surface area contributed by atoms with Crippen molar-refractivity contribution in [3.63, 3.8) is 0 Å². The molecule has 1 nitrogen and oxygen atoms in total. The molecule has 0 amide bonds. The highest BCUT2D eigenvalue weighted by Gasteiger charge is 2.37. The summed E-state index contributed by atoms with van der Waals surface area (Å²) in [6.07, 6.45) is 11.5. The Bertz CT molecular complexity index is 439. The van der Waals surface area contributed by atoms with Gasteiger partial charge in [0.1, 0.15) is 0 Å². The molecule has 0 bridgehead atoms. The van der Waals surface area contributed by atoms with E-state index >= 15 is 0 Å². The Labute approximate surface area is 125 Å². The van der Waals surface area contributed by atoms with Crippen molar-refractivity contribution >= 4 is 21.6 Å². The lowest BCUT2D eigenvalue weighted by Gasteiger charge is -2.38. The average Bonchev–Trinajstić information content (AvgIpc) is 2.86. The topological polar surface area (TPSA) is 12.0 Å². The maximum Gasteiger partial charge on any atom is 0.0383 e. The SMILES string of the molecule is Cc1c(Br)cccc1NC1CCC2(CCCC2)CC1. The highest BCUT2D eigenvalue weighted by atomic mass is 79.9. The van der Waals surface area contributed by atoms with Crippen molar-refractivity contribution in [1.82, 2.24) is 0 Å². The largest absolute Gasteiger partial charge is 0.382 e. The molecule has 1 N–H and O–H groups in total. The van der Waals surface area contributed by atoms with Gasteiger partial charge in [-0.25, -0.2) is 0 Å². The van der Waals surface area contributed by atoms with Crippen LogP contribution in [0.4, 0.5) is 5.69 Å². The maximum atomic E-state index is 3.77. The second-order valence-electron chi connectivity index (χ2n) is 6.54. The highest BCUT2D eigenvalue weighted by molar-refractivity contribution is 9.10. The minimum absolute atomic E-state index is 0.680. The lowest BCUT2D eigenvalue weighted by Crippen LogP contribution is -2.31. The van der Waals surface area contributed by atoms with Crippen LogP contribution in [0.1, 0.15) is 56.9 Å². The molecule has 1 aromatic rings. The molecule has 0 aromatic heterocycles. The fourth-order valence-corrected chi connectivity index (χ4v) is 4.35. The average molecular weight is 322 g/mol. The molecule has 0 heterocycles. The quantitative estimate of drug-likeness (QED) is 0.739. The van der Waals surface area contributed by atoms with E-state index in [0.29, 0.717) is 6.04 Å². The van der Waals surface area contributed by atoms with Gasteiger partial charge < -0.3 is 5.32 Å². The third-order valence-electron chi connectivity index (χ3n) is 5.34. The predicted octanol–water partition coefficient (Wildman–Crippen LogP) is 5.67. The summed E-state index contributed by atoms with van der Waals surface area (Å²) in [6.45, 7) is 2.19. The Hall–Kier alpha value is -0.500. The Morgan fingerprint density at radius 3 is 2.47 bits per heavy atom. The van der Waals surface area contributed by atoms with Crippen molar-refractivity contribution in [3.05, 3.63) is 28.2 Å². The zero-order valence-electron chi connectivity index (χ0n) is 11.8. The van der Waals surface area contributed by atoms with Gasteiger partial charge in [-0.2, -0.15) is 0 Å². The summed E-state index contributed by atoms with van der Waals surface area (Å²) in [5.41, 5.74) is 3.38. The van der Waals surface area contributed by atoms with Gasteiger partial charge in [0.2, 0.25) is 0 Å². The Kier molecular flexibility index (Phi) is 3.88. The maximum absolute atomic E-state index is 3.77. The number of hydrogen-bond donors (Lipinski definition) is 1. The summed E-state index contributed by atoms with van der Waals surface area (Å²) < 4.78 is 1.21. The second-order valence-corrected chi connectivity index (χ2v) is 7.39. The Balaban J connectivity index is 1.61. The molecule has 1 spiro atoms. The number of anilines is 1. The van der Waals surface area contributed by atoms with E-state index in [1.54, 1.807) is 0 Å². The van der Waals surface area contributed by atoms with E-state index in [0.717, 1.165) is 5.41 Å². The summed E-state index contributed by atoms with van der Waals surface area (Å²) in [5.74, 6) is 0. The zero-order valence-corrected chi connectivity index (χ0v) is 13.4. The minimum Gasteiger partial charge on any atom is -0.382 e. The van der Waals surface area contributed by atoms with Crippen molar-refractivity contribution in [2.75, 3.05) is 5.32 Å². The van der Waals surface area contributed by atoms with E-state index in [-0.39, 0.29) is 0 Å². The molecule has 2 heteroatoms. The molecule has 3 rings (SSSR count). The molecule has 0 radical (unpaired) electrons. The van der Waals surface area contributed by atoms with E-state index in [2.05, 4.69) is 46.4 Å². The molecule has 2 saturated carbocycles. The van der Waals surface area contributed by atoms with Gasteiger partial charge in [-0.1, -0.05) is 34.8 Å². The summed E-state index contributed by atoms with van der Waals surface area (Å²) in [5, 5.41) is 3.77. The first kappa shape index (κ1) is 13.5. The van der Waals surface area contributed by atoms with Gasteiger partial charge in [0.25, 0.3) is 0 Å². The monoisotopic (exact) mass is 321 g/mol. The van der Waals surface area contributed by atoms with E-state index in [9.17, 15) is 0 Å². The van der Waals surface area contributed by atoms with Crippen molar-refractivity contribution in [3.8, 4) is 0 Å². The van der Waals surface area contributed by atoms with Crippen LogP contribution in [-0.4, -0.2) is 6.04 Å². The fraction of sp³-hybridized carbons (Fsp3) is 0.647. The first-order valence-electron chi connectivity index (χ1n) is 7.70. The van der Waals surface area contributed by atoms with Gasteiger partial charge in [0.15, 0.2) is 0 Å². The van der Waals surface area contributed by atoms with E-state index in [1.165, 1.54) is 67.1 Å². The molecule has 0 unspecified atom stereocenters. The number of rotatable bonds is 2. The van der Waals surface area contributed by atoms with Crippen LogP contribution in [0.15, 0.2) is 22.7 Å². The van der Waals surface area contributed by atoms with E-state index < -0.39 is 0 Å². The highest BCUT2D eigenvalue weighted by Crippen LogP contribution is 2.49. The molecule has 0 atom stereocenters. The standard InChI is InChI=1S/C17H24BrN/c1-13-15(18)5-4-6-16(13)19-14-7-11-17(12-8-14)9-2-3-10-17/h4-6,14,19H,2-3,7-12H2,1H3. The van der Waals surface area contributed by atoms with Crippen LogP contribution < -0.4 is 5.32 Å². The Morgan fingerprint density at radius 1 is 1.11 bits per heavy atom. The Morgan fingerprint density at radius 2 is 1.79 bits per heavy atom. The number of hydrogen-bond acceptors (Lipinski definition) is 1. The minimum atomic E-state index is 0.680. The fourth-order valence-electron chi connectivity index (χ4n) is 3.98. The van der Waals surface area contributed by atoms with E-state index in [4.69, 9.17) is 0 Å². The van der Waals surface area contributed by atoms with Crippen molar-refractivity contribution in [2.24, 2.45) is 5.41 Å². The van der Waals surface area contributed by atoms with E-state index in [1.807, 2.05) is 0 Å². The van der Waals surface area contributed by atoms with Crippen LogP contribution in [0.3, 0.4) is 0 Å². The summed E-state index contributed by atoms with van der Waals surface area (Å²) in [6, 6.07) is 7.13. The molecule has 1 aromatic carbocycles. The van der Waals surface area contributed by atoms with Crippen LogP contribution in [-0.2, 0) is 0 Å². The number of nitrogens with one attached hydrogen (secondary N) is 1. The van der Waals surface area contributed by atoms with Gasteiger partial charge >= 0.3 is 0 Å². The lowest BCUT2D eigenvalue weighted by atomic mass is 9.71. The number of halogens is 1. The molecule has 2 aliphatic rings. The first-order valence-corrected chi connectivity index (χ1v) is 8.50. The van der Waals surface area contributed by atoms with Crippen LogP contribution in [0.2, 0.25) is 0 Å².